The van der Waals surface area contributed by atoms with E-state index in [1.807, 2.05) is 26.8 Å². The summed E-state index contributed by atoms with van der Waals surface area (Å²) in [6, 6.07) is 10.6. The third-order valence-corrected chi connectivity index (χ3v) is 4.14. The number of benzene rings is 1. The molecular weight excluding hydrogens is 288 g/mol. The minimum absolute atomic E-state index is 0.0378. The Balaban J connectivity index is 1.90. The molecule has 0 bridgehead atoms. The molecule has 0 saturated carbocycles. The second-order valence-corrected chi connectivity index (χ2v) is 8.02. The van der Waals surface area contributed by atoms with E-state index in [9.17, 15) is 4.79 Å². The number of hydrogen-bond acceptors (Lipinski definition) is 4. The molecule has 1 aliphatic rings. The number of piperazine rings is 1. The Kier molecular flexibility index (Phi) is 5.48. The summed E-state index contributed by atoms with van der Waals surface area (Å²) in [6.45, 7) is 14.3. The summed E-state index contributed by atoms with van der Waals surface area (Å²) in [5, 5.41) is 0. The van der Waals surface area contributed by atoms with Crippen molar-refractivity contribution in [3.63, 3.8) is 0 Å². The Morgan fingerprint density at radius 2 is 1.83 bits per heavy atom. The average molecular weight is 318 g/mol. The van der Waals surface area contributed by atoms with Crippen molar-refractivity contribution in [1.82, 2.24) is 9.80 Å². The van der Waals surface area contributed by atoms with E-state index < -0.39 is 5.60 Å². The Morgan fingerprint density at radius 1 is 1.17 bits per heavy atom. The maximum Gasteiger partial charge on any atom is 0.320 e. The van der Waals surface area contributed by atoms with Crippen LogP contribution in [0.2, 0.25) is 0 Å². The van der Waals surface area contributed by atoms with E-state index in [1.54, 1.807) is 0 Å². The van der Waals surface area contributed by atoms with E-state index in [2.05, 4.69) is 47.9 Å². The fourth-order valence-electron chi connectivity index (χ4n) is 3.08. The van der Waals surface area contributed by atoms with Crippen LogP contribution in [0.1, 0.15) is 40.2 Å². The van der Waals surface area contributed by atoms with Crippen molar-refractivity contribution in [3.8, 4) is 0 Å². The van der Waals surface area contributed by atoms with Gasteiger partial charge in [0, 0.05) is 31.7 Å². The van der Waals surface area contributed by atoms with Crippen molar-refractivity contribution in [2.45, 2.75) is 52.3 Å². The number of carbonyl (C=O) groups excluding carboxylic acids is 1. The van der Waals surface area contributed by atoms with Gasteiger partial charge in [-0.1, -0.05) is 30.3 Å². The molecule has 128 valence electrons. The number of nitrogens with zero attached hydrogens (tertiary/aromatic N) is 2. The lowest BCUT2D eigenvalue weighted by Gasteiger charge is -2.47. The van der Waals surface area contributed by atoms with Gasteiger partial charge in [-0.25, -0.2) is 0 Å². The first-order valence-electron chi connectivity index (χ1n) is 8.39. The molecule has 0 unspecified atom stereocenters. The highest BCUT2D eigenvalue weighted by molar-refractivity contribution is 5.72. The molecule has 1 heterocycles. The van der Waals surface area contributed by atoms with Gasteiger partial charge in [0.1, 0.15) is 5.60 Å². The van der Waals surface area contributed by atoms with E-state index in [-0.39, 0.29) is 11.5 Å². The van der Waals surface area contributed by atoms with E-state index in [0.29, 0.717) is 6.54 Å². The van der Waals surface area contributed by atoms with Crippen molar-refractivity contribution in [1.29, 1.82) is 0 Å². The Morgan fingerprint density at radius 3 is 2.39 bits per heavy atom. The molecule has 23 heavy (non-hydrogen) atoms. The predicted molar refractivity (Wildman–Crippen MR) is 93.2 cm³/mol. The molecule has 4 nitrogen and oxygen atoms in total. The van der Waals surface area contributed by atoms with Crippen LogP contribution >= 0.6 is 0 Å². The lowest BCUT2D eigenvalue weighted by molar-refractivity contribution is -0.157. The molecule has 0 atom stereocenters. The molecule has 0 spiro atoms. The van der Waals surface area contributed by atoms with Gasteiger partial charge in [0.2, 0.25) is 0 Å². The molecule has 0 amide bonds. The van der Waals surface area contributed by atoms with Crippen LogP contribution in [0.15, 0.2) is 30.3 Å². The van der Waals surface area contributed by atoms with Crippen molar-refractivity contribution in [3.05, 3.63) is 35.9 Å². The summed E-state index contributed by atoms with van der Waals surface area (Å²) in [5.74, 6) is -0.134. The van der Waals surface area contributed by atoms with Gasteiger partial charge >= 0.3 is 5.97 Å². The first-order valence-corrected chi connectivity index (χ1v) is 8.39. The van der Waals surface area contributed by atoms with Gasteiger partial charge in [0.15, 0.2) is 0 Å². The van der Waals surface area contributed by atoms with E-state index in [1.165, 1.54) is 5.56 Å². The molecule has 0 aliphatic carbocycles. The van der Waals surface area contributed by atoms with Gasteiger partial charge < -0.3 is 4.74 Å². The zero-order chi connectivity index (χ0) is 17.1. The van der Waals surface area contributed by atoms with Gasteiger partial charge in [0.05, 0.1) is 6.54 Å². The summed E-state index contributed by atoms with van der Waals surface area (Å²) in [6.07, 6.45) is 0. The fraction of sp³-hybridized carbons (Fsp3) is 0.632. The highest BCUT2D eigenvalue weighted by Gasteiger charge is 2.34. The van der Waals surface area contributed by atoms with E-state index in [4.69, 9.17) is 4.74 Å². The maximum absolute atomic E-state index is 12.0. The SMILES string of the molecule is CC(C)(C)OC(=O)CN1CCN(Cc2ccccc2)C(C)(C)C1. The molecule has 2 rings (SSSR count). The number of ether oxygens (including phenoxy) is 1. The molecule has 0 aromatic heterocycles. The Labute approximate surface area is 140 Å². The van der Waals surface area contributed by atoms with Gasteiger partial charge in [-0.15, -0.1) is 0 Å². The van der Waals surface area contributed by atoms with Crippen LogP contribution in [0.5, 0.6) is 0 Å². The third-order valence-electron chi connectivity index (χ3n) is 4.14. The Hall–Kier alpha value is -1.39. The van der Waals surface area contributed by atoms with Crippen molar-refractivity contribution in [2.75, 3.05) is 26.2 Å². The summed E-state index contributed by atoms with van der Waals surface area (Å²) >= 11 is 0. The maximum atomic E-state index is 12.0. The van der Waals surface area contributed by atoms with Gasteiger partial charge in [-0.2, -0.15) is 0 Å². The van der Waals surface area contributed by atoms with Crippen LogP contribution in [0.3, 0.4) is 0 Å². The molecule has 1 fully saturated rings. The van der Waals surface area contributed by atoms with E-state index in [0.717, 1.165) is 26.2 Å². The summed E-state index contributed by atoms with van der Waals surface area (Å²) in [5.41, 5.74) is 0.957. The summed E-state index contributed by atoms with van der Waals surface area (Å²) < 4.78 is 5.44. The highest BCUT2D eigenvalue weighted by Crippen LogP contribution is 2.23. The largest absolute Gasteiger partial charge is 0.459 e. The van der Waals surface area contributed by atoms with Crippen molar-refractivity contribution in [2.24, 2.45) is 0 Å². The number of esters is 1. The summed E-state index contributed by atoms with van der Waals surface area (Å²) in [4.78, 5) is 16.7. The van der Waals surface area contributed by atoms with Crippen molar-refractivity contribution < 1.29 is 9.53 Å². The van der Waals surface area contributed by atoms with Crippen LogP contribution in [-0.4, -0.2) is 53.1 Å². The Bertz CT molecular complexity index is 520. The molecule has 1 aromatic carbocycles. The van der Waals surface area contributed by atoms with Gasteiger partial charge in [0.25, 0.3) is 0 Å². The fourth-order valence-corrected chi connectivity index (χ4v) is 3.08. The number of rotatable bonds is 4. The molecule has 1 aromatic rings. The monoisotopic (exact) mass is 318 g/mol. The van der Waals surface area contributed by atoms with Gasteiger partial charge in [-0.3, -0.25) is 14.6 Å². The smallest absolute Gasteiger partial charge is 0.320 e. The predicted octanol–water partition coefficient (Wildman–Crippen LogP) is 2.92. The first kappa shape index (κ1) is 18.0. The summed E-state index contributed by atoms with van der Waals surface area (Å²) in [7, 11) is 0. The second kappa shape index (κ2) is 7.02. The minimum Gasteiger partial charge on any atom is -0.459 e. The van der Waals surface area contributed by atoms with Crippen LogP contribution in [0.4, 0.5) is 0 Å². The zero-order valence-corrected chi connectivity index (χ0v) is 15.1. The third kappa shape index (κ3) is 5.63. The van der Waals surface area contributed by atoms with Crippen LogP contribution < -0.4 is 0 Å². The average Bonchev–Trinajstić information content (AvgIpc) is 2.40. The topological polar surface area (TPSA) is 32.8 Å². The lowest BCUT2D eigenvalue weighted by Crippen LogP contribution is -2.59. The quantitative estimate of drug-likeness (QED) is 0.799. The van der Waals surface area contributed by atoms with E-state index >= 15 is 0 Å². The lowest BCUT2D eigenvalue weighted by atomic mass is 9.97. The molecule has 1 aliphatic heterocycles. The zero-order valence-electron chi connectivity index (χ0n) is 15.1. The molecule has 0 N–H and O–H groups in total. The molecule has 0 radical (unpaired) electrons. The standard InChI is InChI=1S/C19H30N2O2/c1-18(2,3)23-17(22)14-20-11-12-21(19(4,5)15-20)13-16-9-7-6-8-10-16/h6-10H,11-15H2,1-5H3. The first-order chi connectivity index (χ1) is 10.7. The van der Waals surface area contributed by atoms with Crippen LogP contribution in [0.25, 0.3) is 0 Å². The second-order valence-electron chi connectivity index (χ2n) is 8.02. The van der Waals surface area contributed by atoms with Crippen molar-refractivity contribution >= 4 is 5.97 Å². The molecule has 4 heteroatoms. The highest BCUT2D eigenvalue weighted by atomic mass is 16.6. The van der Waals surface area contributed by atoms with Crippen LogP contribution in [0, 0.1) is 0 Å². The number of hydrogen-bond donors (Lipinski definition) is 0. The van der Waals surface area contributed by atoms with Gasteiger partial charge in [-0.05, 0) is 40.2 Å². The minimum atomic E-state index is -0.415. The molecule has 1 saturated heterocycles. The van der Waals surface area contributed by atoms with Crippen LogP contribution in [-0.2, 0) is 16.1 Å². The number of carbonyl (C=O) groups is 1. The molecular formula is C19H30N2O2. The normalized spacial score (nSPS) is 19.5.